The summed E-state index contributed by atoms with van der Waals surface area (Å²) >= 11 is 0. The molecule has 23 heavy (non-hydrogen) atoms. The zero-order valence-corrected chi connectivity index (χ0v) is 13.8. The Morgan fingerprint density at radius 1 is 1.26 bits per heavy atom. The number of hydrogen-bond acceptors (Lipinski definition) is 5. The topological polar surface area (TPSA) is 90.6 Å². The number of nitrogens with two attached hydrogens (primary N) is 1. The van der Waals surface area contributed by atoms with Crippen LogP contribution in [0.25, 0.3) is 0 Å². The molecule has 0 saturated carbocycles. The van der Waals surface area contributed by atoms with Gasteiger partial charge in [0, 0.05) is 0 Å². The minimum atomic E-state index is -0.740. The molecule has 0 bridgehead atoms. The highest BCUT2D eigenvalue weighted by atomic mass is 16.6. The van der Waals surface area contributed by atoms with Crippen LogP contribution in [-0.2, 0) is 20.9 Å². The fourth-order valence-electron chi connectivity index (χ4n) is 1.84. The summed E-state index contributed by atoms with van der Waals surface area (Å²) < 4.78 is 10.4. The van der Waals surface area contributed by atoms with Gasteiger partial charge in [-0.3, -0.25) is 0 Å². The van der Waals surface area contributed by atoms with E-state index < -0.39 is 18.1 Å². The van der Waals surface area contributed by atoms with Gasteiger partial charge >= 0.3 is 12.1 Å². The zero-order valence-electron chi connectivity index (χ0n) is 13.8. The second-order valence-corrected chi connectivity index (χ2v) is 5.35. The highest BCUT2D eigenvalue weighted by Gasteiger charge is 2.23. The number of rotatable bonds is 9. The summed E-state index contributed by atoms with van der Waals surface area (Å²) in [6.07, 6.45) is 0.918. The molecule has 1 rings (SSSR count). The number of amides is 1. The molecule has 2 atom stereocenters. The van der Waals surface area contributed by atoms with Gasteiger partial charge in [-0.25, -0.2) is 9.59 Å². The first-order valence-electron chi connectivity index (χ1n) is 7.94. The molecular weight excluding hydrogens is 296 g/mol. The fourth-order valence-corrected chi connectivity index (χ4v) is 1.84. The van der Waals surface area contributed by atoms with Crippen LogP contribution in [0.2, 0.25) is 0 Å². The second-order valence-electron chi connectivity index (χ2n) is 5.35. The quantitative estimate of drug-likeness (QED) is 0.681. The summed E-state index contributed by atoms with van der Waals surface area (Å²) in [5.41, 5.74) is 6.35. The van der Waals surface area contributed by atoms with Crippen LogP contribution in [0.5, 0.6) is 0 Å². The number of ether oxygens (including phenoxy) is 2. The summed E-state index contributed by atoms with van der Waals surface area (Å²) in [7, 11) is 0. The van der Waals surface area contributed by atoms with Gasteiger partial charge < -0.3 is 20.5 Å². The van der Waals surface area contributed by atoms with Gasteiger partial charge in [0.05, 0.1) is 6.10 Å². The van der Waals surface area contributed by atoms with E-state index in [9.17, 15) is 9.59 Å². The predicted molar refractivity (Wildman–Crippen MR) is 87.7 cm³/mol. The lowest BCUT2D eigenvalue weighted by molar-refractivity contribution is -0.151. The van der Waals surface area contributed by atoms with Crippen LogP contribution in [-0.4, -0.2) is 30.8 Å². The fraction of sp³-hybridized carbons (Fsp3) is 0.529. The summed E-state index contributed by atoms with van der Waals surface area (Å²) in [6.45, 7) is 4.32. The first kappa shape index (κ1) is 19.0. The highest BCUT2D eigenvalue weighted by molar-refractivity contribution is 5.81. The van der Waals surface area contributed by atoms with Crippen molar-refractivity contribution in [3.05, 3.63) is 35.9 Å². The average molecular weight is 322 g/mol. The van der Waals surface area contributed by atoms with E-state index in [1.165, 1.54) is 0 Å². The molecule has 3 N–H and O–H groups in total. The normalized spacial score (nSPS) is 13.0. The van der Waals surface area contributed by atoms with E-state index in [1.54, 1.807) is 0 Å². The lowest BCUT2D eigenvalue weighted by atomic mass is 10.1. The maximum atomic E-state index is 12.1. The van der Waals surface area contributed by atoms with Crippen LogP contribution in [0.4, 0.5) is 4.79 Å². The van der Waals surface area contributed by atoms with Gasteiger partial charge in [0.2, 0.25) is 0 Å². The summed E-state index contributed by atoms with van der Waals surface area (Å²) in [4.78, 5) is 24.0. The molecule has 1 aromatic carbocycles. The average Bonchev–Trinajstić information content (AvgIpc) is 2.57. The van der Waals surface area contributed by atoms with E-state index in [2.05, 4.69) is 5.32 Å². The van der Waals surface area contributed by atoms with E-state index in [1.807, 2.05) is 44.2 Å². The Hall–Kier alpha value is -2.08. The number of esters is 1. The van der Waals surface area contributed by atoms with Gasteiger partial charge in [-0.2, -0.15) is 0 Å². The van der Waals surface area contributed by atoms with E-state index in [0.717, 1.165) is 5.56 Å². The third-order valence-corrected chi connectivity index (χ3v) is 3.38. The third kappa shape index (κ3) is 7.65. The molecular formula is C17H26N2O4. The van der Waals surface area contributed by atoms with Crippen LogP contribution in [0.15, 0.2) is 30.3 Å². The molecule has 6 heteroatoms. The lowest BCUT2D eigenvalue weighted by Gasteiger charge is -2.19. The monoisotopic (exact) mass is 322 g/mol. The maximum Gasteiger partial charge on any atom is 0.408 e. The summed E-state index contributed by atoms with van der Waals surface area (Å²) in [5.74, 6) is -0.454. The van der Waals surface area contributed by atoms with Crippen molar-refractivity contribution in [2.45, 2.75) is 51.9 Å². The molecule has 1 unspecified atom stereocenters. The molecule has 1 aromatic rings. The molecule has 0 saturated heterocycles. The van der Waals surface area contributed by atoms with Crippen molar-refractivity contribution < 1.29 is 19.1 Å². The van der Waals surface area contributed by atoms with Crippen LogP contribution in [0.3, 0.4) is 0 Å². The van der Waals surface area contributed by atoms with Crippen molar-refractivity contribution in [1.82, 2.24) is 5.32 Å². The predicted octanol–water partition coefficient (Wildman–Crippen LogP) is 2.36. The second kappa shape index (κ2) is 10.6. The van der Waals surface area contributed by atoms with Crippen molar-refractivity contribution >= 4 is 12.1 Å². The minimum absolute atomic E-state index is 0.149. The minimum Gasteiger partial charge on any atom is -0.461 e. The van der Waals surface area contributed by atoms with E-state index in [0.29, 0.717) is 25.8 Å². The molecule has 6 nitrogen and oxygen atoms in total. The zero-order chi connectivity index (χ0) is 17.1. The van der Waals surface area contributed by atoms with Crippen molar-refractivity contribution in [2.75, 3.05) is 6.54 Å². The van der Waals surface area contributed by atoms with Crippen LogP contribution < -0.4 is 11.1 Å². The molecule has 0 aliphatic heterocycles. The standard InChI is InChI=1S/C17H26N2O4/c1-3-13(2)23-16(20)15(10-7-11-18)19-17(21)22-12-14-8-5-4-6-9-14/h4-6,8-9,13,15H,3,7,10-12,18H2,1-2H3,(H,19,21)/t13?,15-/m0/s1. The molecule has 0 aromatic heterocycles. The van der Waals surface area contributed by atoms with Crippen molar-refractivity contribution in [2.24, 2.45) is 5.73 Å². The number of hydrogen-bond donors (Lipinski definition) is 2. The van der Waals surface area contributed by atoms with Crippen LogP contribution >= 0.6 is 0 Å². The maximum absolute atomic E-state index is 12.1. The Bertz CT molecular complexity index is 479. The Morgan fingerprint density at radius 2 is 1.96 bits per heavy atom. The first-order chi connectivity index (χ1) is 11.1. The first-order valence-corrected chi connectivity index (χ1v) is 7.94. The number of carbonyl (C=O) groups excluding carboxylic acids is 2. The molecule has 1 amide bonds. The van der Waals surface area contributed by atoms with Crippen molar-refractivity contribution in [3.8, 4) is 0 Å². The molecule has 0 aliphatic carbocycles. The molecule has 0 aliphatic rings. The summed E-state index contributed by atoms with van der Waals surface area (Å²) in [5, 5.41) is 2.56. The molecule has 0 fully saturated rings. The van der Waals surface area contributed by atoms with Gasteiger partial charge in [-0.05, 0) is 38.3 Å². The van der Waals surface area contributed by atoms with Gasteiger partial charge in [-0.1, -0.05) is 37.3 Å². The van der Waals surface area contributed by atoms with Crippen LogP contribution in [0.1, 0.15) is 38.7 Å². The van der Waals surface area contributed by atoms with Crippen LogP contribution in [0, 0.1) is 0 Å². The Balaban J connectivity index is 2.50. The molecule has 0 radical (unpaired) electrons. The smallest absolute Gasteiger partial charge is 0.408 e. The number of nitrogens with one attached hydrogen (secondary N) is 1. The van der Waals surface area contributed by atoms with Gasteiger partial charge in [0.1, 0.15) is 12.6 Å². The van der Waals surface area contributed by atoms with E-state index in [-0.39, 0.29) is 12.7 Å². The summed E-state index contributed by atoms with van der Waals surface area (Å²) in [6, 6.07) is 8.59. The Kier molecular flexibility index (Phi) is 8.75. The van der Waals surface area contributed by atoms with Crippen molar-refractivity contribution in [1.29, 1.82) is 0 Å². The number of carbonyl (C=O) groups is 2. The van der Waals surface area contributed by atoms with Gasteiger partial charge in [-0.15, -0.1) is 0 Å². The SMILES string of the molecule is CCC(C)OC(=O)[C@H](CCCN)NC(=O)OCc1ccccc1. The van der Waals surface area contributed by atoms with Crippen molar-refractivity contribution in [3.63, 3.8) is 0 Å². The molecule has 0 heterocycles. The third-order valence-electron chi connectivity index (χ3n) is 3.38. The molecule has 128 valence electrons. The van der Waals surface area contributed by atoms with E-state index >= 15 is 0 Å². The lowest BCUT2D eigenvalue weighted by Crippen LogP contribution is -2.43. The Morgan fingerprint density at radius 3 is 2.57 bits per heavy atom. The Labute approximate surface area is 137 Å². The number of benzene rings is 1. The highest BCUT2D eigenvalue weighted by Crippen LogP contribution is 2.06. The largest absolute Gasteiger partial charge is 0.461 e. The van der Waals surface area contributed by atoms with E-state index in [4.69, 9.17) is 15.2 Å². The van der Waals surface area contributed by atoms with Gasteiger partial charge in [0.15, 0.2) is 0 Å². The van der Waals surface area contributed by atoms with Gasteiger partial charge in [0.25, 0.3) is 0 Å². The molecule has 0 spiro atoms. The number of alkyl carbamates (subject to hydrolysis) is 1.